The van der Waals surface area contributed by atoms with E-state index < -0.39 is 24.3 Å². The number of benzene rings is 3. The van der Waals surface area contributed by atoms with E-state index in [2.05, 4.69) is 12.2 Å². The molecule has 12 heteroatoms. The van der Waals surface area contributed by atoms with Gasteiger partial charge in [-0.1, -0.05) is 97.5 Å². The zero-order valence-corrected chi connectivity index (χ0v) is 27.7. The number of aliphatic hydroxyl groups is 1. The van der Waals surface area contributed by atoms with Crippen molar-refractivity contribution in [1.29, 1.82) is 0 Å². The van der Waals surface area contributed by atoms with Gasteiger partial charge in [-0.3, -0.25) is 14.5 Å². The molecule has 2 N–H and O–H groups in total. The van der Waals surface area contributed by atoms with Crippen molar-refractivity contribution in [2.24, 2.45) is 5.92 Å². The van der Waals surface area contributed by atoms with Gasteiger partial charge in [0.05, 0.1) is 31.8 Å². The Balaban J connectivity index is 1.11. The van der Waals surface area contributed by atoms with Crippen LogP contribution in [0.3, 0.4) is 0 Å². The van der Waals surface area contributed by atoms with Crippen LogP contribution in [0.15, 0.2) is 108 Å². The number of ether oxygens (including phenoxy) is 3. The topological polar surface area (TPSA) is 141 Å². The van der Waals surface area contributed by atoms with Crippen LogP contribution in [0.25, 0.3) is 0 Å². The first-order chi connectivity index (χ1) is 23.8. The van der Waals surface area contributed by atoms with Gasteiger partial charge in [0.1, 0.15) is 12.6 Å². The number of imide groups is 1. The average Bonchev–Trinajstić information content (AvgIpc) is 3.38. The van der Waals surface area contributed by atoms with Gasteiger partial charge in [0, 0.05) is 29.4 Å². The van der Waals surface area contributed by atoms with Crippen LogP contribution in [0.4, 0.5) is 4.79 Å². The Hall–Kier alpha value is -4.75. The van der Waals surface area contributed by atoms with Crippen molar-refractivity contribution in [1.82, 2.24) is 10.2 Å². The Morgan fingerprint density at radius 3 is 2.35 bits per heavy atom. The minimum atomic E-state index is -0.994. The molecule has 3 aromatic carbocycles. The minimum Gasteiger partial charge on any atom is -0.618 e. The van der Waals surface area contributed by atoms with Crippen molar-refractivity contribution in [3.8, 4) is 0 Å². The number of thioether (sulfide) groups is 1. The third kappa shape index (κ3) is 8.28. The van der Waals surface area contributed by atoms with E-state index in [-0.39, 0.29) is 50.2 Å². The zero-order chi connectivity index (χ0) is 34.3. The molecule has 49 heavy (non-hydrogen) atoms. The van der Waals surface area contributed by atoms with Gasteiger partial charge in [-0.05, 0) is 28.3 Å². The summed E-state index contributed by atoms with van der Waals surface area (Å²) in [7, 11) is 0. The van der Waals surface area contributed by atoms with Crippen molar-refractivity contribution >= 4 is 29.7 Å². The maximum absolute atomic E-state index is 13.1. The van der Waals surface area contributed by atoms with Crippen LogP contribution < -0.4 is 10.0 Å². The first-order valence-electron chi connectivity index (χ1n) is 16.0. The number of aromatic nitrogens is 1. The molecule has 0 aliphatic carbocycles. The quantitative estimate of drug-likeness (QED) is 0.0973. The molecule has 4 aromatic rings. The van der Waals surface area contributed by atoms with E-state index in [4.69, 9.17) is 14.2 Å². The fourth-order valence-electron chi connectivity index (χ4n) is 5.83. The summed E-state index contributed by atoms with van der Waals surface area (Å²) in [5.41, 5.74) is 4.02. The van der Waals surface area contributed by atoms with Crippen LogP contribution in [0.2, 0.25) is 0 Å². The highest BCUT2D eigenvalue weighted by molar-refractivity contribution is 7.99. The largest absolute Gasteiger partial charge is 0.618 e. The first-order valence-corrected chi connectivity index (χ1v) is 17.0. The predicted molar refractivity (Wildman–Crippen MR) is 179 cm³/mol. The lowest BCUT2D eigenvalue weighted by molar-refractivity contribution is -0.645. The highest BCUT2D eigenvalue weighted by atomic mass is 32.2. The van der Waals surface area contributed by atoms with E-state index >= 15 is 0 Å². The van der Waals surface area contributed by atoms with Gasteiger partial charge in [0.25, 0.3) is 10.9 Å². The van der Waals surface area contributed by atoms with E-state index in [0.29, 0.717) is 16.3 Å². The Morgan fingerprint density at radius 1 is 0.939 bits per heavy atom. The number of aliphatic hydroxyl groups excluding tert-OH is 1. The van der Waals surface area contributed by atoms with Crippen LogP contribution in [-0.2, 0) is 43.6 Å². The van der Waals surface area contributed by atoms with Gasteiger partial charge in [0.2, 0.25) is 5.91 Å². The number of hydrogen-bond acceptors (Lipinski definition) is 9. The number of likely N-dealkylation sites (tertiary alicyclic amines) is 1. The Labute approximate surface area is 288 Å². The third-order valence-corrected chi connectivity index (χ3v) is 9.76. The van der Waals surface area contributed by atoms with E-state index in [1.54, 1.807) is 12.1 Å². The third-order valence-electron chi connectivity index (χ3n) is 8.65. The van der Waals surface area contributed by atoms with Crippen LogP contribution in [-0.4, -0.2) is 45.8 Å². The summed E-state index contributed by atoms with van der Waals surface area (Å²) in [5.74, 6) is -0.420. The number of nitrogens with one attached hydrogen (secondary N) is 1. The van der Waals surface area contributed by atoms with Crippen molar-refractivity contribution in [3.05, 3.63) is 136 Å². The average molecular weight is 684 g/mol. The van der Waals surface area contributed by atoms with E-state index in [9.17, 15) is 24.7 Å². The van der Waals surface area contributed by atoms with Gasteiger partial charge in [-0.2, -0.15) is 4.73 Å². The molecule has 254 valence electrons. The molecule has 11 nitrogen and oxygen atoms in total. The van der Waals surface area contributed by atoms with Crippen molar-refractivity contribution in [2.45, 2.75) is 62.7 Å². The standard InChI is InChI=1S/C37H37N3O8S/c1-24-31(23-49-33-9-5-6-18-40(33)45)47-36(48-34(24)28-14-12-26(21-41)13-15-28)29-16-10-25(11-17-29)20-39-32(42)19-30(35(39)43)38-37(44)46-22-27-7-3-2-4-8-27/h2-18,24,30-31,34,36,41H,19-23H2,1H3,(H,38,44)/t24-,30?,31+,34+,36+/m1/s1. The second kappa shape index (κ2) is 15.6. The van der Waals surface area contributed by atoms with Gasteiger partial charge < -0.3 is 29.8 Å². The number of alkyl carbamates (subject to hydrolysis) is 1. The predicted octanol–water partition coefficient (Wildman–Crippen LogP) is 4.95. The summed E-state index contributed by atoms with van der Waals surface area (Å²) < 4.78 is 19.1. The van der Waals surface area contributed by atoms with E-state index in [1.807, 2.05) is 84.9 Å². The maximum atomic E-state index is 13.1. The van der Waals surface area contributed by atoms with Crippen LogP contribution in [0, 0.1) is 11.1 Å². The number of carbonyl (C=O) groups excluding carboxylic acids is 3. The number of rotatable bonds is 11. The summed E-state index contributed by atoms with van der Waals surface area (Å²) in [6.07, 6.45) is -0.759. The summed E-state index contributed by atoms with van der Waals surface area (Å²) >= 11 is 1.42. The van der Waals surface area contributed by atoms with Crippen molar-refractivity contribution in [2.75, 3.05) is 5.75 Å². The SMILES string of the molecule is C[C@@H]1[C@H](CSc2cccc[n+]2[O-])O[C@H](c2ccc(CN3C(=O)CC(NC(=O)OCc4ccccc4)C3=O)cc2)O[C@@H]1c1ccc(CO)cc1. The molecule has 2 saturated heterocycles. The number of nitrogens with zero attached hydrogens (tertiary/aromatic N) is 2. The Bertz CT molecular complexity index is 1760. The van der Waals surface area contributed by atoms with Crippen LogP contribution >= 0.6 is 11.8 Å². The molecule has 1 aromatic heterocycles. The molecular weight excluding hydrogens is 646 g/mol. The smallest absolute Gasteiger partial charge is 0.408 e. The summed E-state index contributed by atoms with van der Waals surface area (Å²) in [4.78, 5) is 39.3. The normalized spacial score (nSPS) is 22.2. The molecule has 6 rings (SSSR count). The lowest BCUT2D eigenvalue weighted by atomic mass is 9.91. The first kappa shape index (κ1) is 34.1. The van der Waals surface area contributed by atoms with Gasteiger partial charge >= 0.3 is 6.09 Å². The van der Waals surface area contributed by atoms with Crippen LogP contribution in [0.1, 0.15) is 53.6 Å². The molecule has 3 amide bonds. The monoisotopic (exact) mass is 683 g/mol. The molecule has 0 saturated carbocycles. The molecule has 3 heterocycles. The number of carbonyl (C=O) groups is 3. The lowest BCUT2D eigenvalue weighted by Crippen LogP contribution is -2.41. The number of hydrogen-bond donors (Lipinski definition) is 2. The Morgan fingerprint density at radius 2 is 1.63 bits per heavy atom. The van der Waals surface area contributed by atoms with Crippen molar-refractivity contribution < 1.29 is 38.4 Å². The second-order valence-corrected chi connectivity index (χ2v) is 13.1. The molecule has 0 bridgehead atoms. The van der Waals surface area contributed by atoms with E-state index in [0.717, 1.165) is 31.9 Å². The molecule has 2 fully saturated rings. The highest BCUT2D eigenvalue weighted by Crippen LogP contribution is 2.43. The van der Waals surface area contributed by atoms with Crippen molar-refractivity contribution in [3.63, 3.8) is 0 Å². The molecule has 2 aliphatic heterocycles. The molecule has 0 spiro atoms. The minimum absolute atomic E-state index is 0.0456. The number of amides is 3. The summed E-state index contributed by atoms with van der Waals surface area (Å²) in [5, 5.41) is 24.9. The van der Waals surface area contributed by atoms with Crippen LogP contribution in [0.5, 0.6) is 0 Å². The second-order valence-electron chi connectivity index (χ2n) is 12.0. The summed E-state index contributed by atoms with van der Waals surface area (Å²) in [6.45, 7) is 2.09. The molecule has 5 atom stereocenters. The molecule has 2 aliphatic rings. The fourth-order valence-corrected chi connectivity index (χ4v) is 6.91. The Kier molecular flexibility index (Phi) is 10.9. The zero-order valence-electron chi connectivity index (χ0n) is 26.8. The molecule has 0 radical (unpaired) electrons. The van der Waals surface area contributed by atoms with Gasteiger partial charge in [-0.15, -0.1) is 0 Å². The molecular formula is C37H37N3O8S. The van der Waals surface area contributed by atoms with E-state index in [1.165, 1.54) is 18.0 Å². The maximum Gasteiger partial charge on any atom is 0.408 e. The molecule has 1 unspecified atom stereocenters. The fraction of sp³-hybridized carbons (Fsp3) is 0.297. The van der Waals surface area contributed by atoms with Gasteiger partial charge in [-0.25, -0.2) is 4.79 Å². The summed E-state index contributed by atoms with van der Waals surface area (Å²) in [6, 6.07) is 28.4. The van der Waals surface area contributed by atoms with Gasteiger partial charge in [0.15, 0.2) is 12.5 Å². The number of pyridine rings is 1. The highest BCUT2D eigenvalue weighted by Gasteiger charge is 2.41. The lowest BCUT2D eigenvalue weighted by Gasteiger charge is -2.41.